The predicted octanol–water partition coefficient (Wildman–Crippen LogP) is 1.82. The molecule has 1 aliphatic rings. The standard InChI is InChI=1S/C21H25N5O5S/c1-13-4-5-16(32(28,29)24-11-21(27)6-3-7-30-12-21)9-17(13)15-8-18(19(22)23-10-15)20-25-14(2)26-31-20/h4-5,8-10,24,27H,3,6-7,11-12H2,1-2H3,(H2,22,23). The fourth-order valence-corrected chi connectivity index (χ4v) is 4.71. The fraction of sp³-hybridized carbons (Fsp3) is 0.381. The fourth-order valence-electron chi connectivity index (χ4n) is 3.57. The van der Waals surface area contributed by atoms with E-state index in [-0.39, 0.29) is 29.8 Å². The number of aromatic nitrogens is 3. The van der Waals surface area contributed by atoms with E-state index in [1.54, 1.807) is 31.3 Å². The van der Waals surface area contributed by atoms with Crippen molar-refractivity contribution >= 4 is 15.8 Å². The Hall–Kier alpha value is -2.86. The molecule has 32 heavy (non-hydrogen) atoms. The third-order valence-corrected chi connectivity index (χ3v) is 6.80. The zero-order chi connectivity index (χ0) is 22.9. The second kappa shape index (κ2) is 8.58. The molecule has 0 amide bonds. The molecule has 0 spiro atoms. The molecular formula is C21H25N5O5S. The van der Waals surface area contributed by atoms with Gasteiger partial charge in [0.05, 0.1) is 17.1 Å². The Morgan fingerprint density at radius 1 is 1.25 bits per heavy atom. The lowest BCUT2D eigenvalue weighted by atomic mass is 9.97. The van der Waals surface area contributed by atoms with Gasteiger partial charge in [-0.3, -0.25) is 0 Å². The van der Waals surface area contributed by atoms with Crippen LogP contribution in [-0.2, 0) is 14.8 Å². The Kier molecular flexibility index (Phi) is 5.99. The first-order valence-electron chi connectivity index (χ1n) is 10.1. The first-order valence-corrected chi connectivity index (χ1v) is 11.6. The Balaban J connectivity index is 1.64. The van der Waals surface area contributed by atoms with Crippen molar-refractivity contribution in [2.45, 2.75) is 37.2 Å². The van der Waals surface area contributed by atoms with Crippen molar-refractivity contribution in [1.29, 1.82) is 0 Å². The number of nitrogens with one attached hydrogen (secondary N) is 1. The van der Waals surface area contributed by atoms with Gasteiger partial charge in [-0.05, 0) is 56.0 Å². The van der Waals surface area contributed by atoms with E-state index in [0.717, 1.165) is 5.56 Å². The number of nitrogens with two attached hydrogens (primary N) is 1. The van der Waals surface area contributed by atoms with E-state index in [2.05, 4.69) is 19.8 Å². The van der Waals surface area contributed by atoms with Crippen molar-refractivity contribution in [1.82, 2.24) is 19.8 Å². The maximum absolute atomic E-state index is 12.9. The molecule has 170 valence electrons. The molecule has 4 N–H and O–H groups in total. The number of anilines is 1. The van der Waals surface area contributed by atoms with Gasteiger partial charge in [-0.25, -0.2) is 18.1 Å². The number of hydrogen-bond acceptors (Lipinski definition) is 9. The van der Waals surface area contributed by atoms with Crippen molar-refractivity contribution in [2.75, 3.05) is 25.5 Å². The molecule has 11 heteroatoms. The van der Waals surface area contributed by atoms with Crippen molar-refractivity contribution < 1.29 is 22.8 Å². The van der Waals surface area contributed by atoms with Crippen LogP contribution in [0.15, 0.2) is 39.9 Å². The summed E-state index contributed by atoms with van der Waals surface area (Å²) in [5.74, 6) is 0.925. The van der Waals surface area contributed by atoms with Crippen LogP contribution in [0.25, 0.3) is 22.6 Å². The third-order valence-electron chi connectivity index (χ3n) is 5.40. The van der Waals surface area contributed by atoms with E-state index in [0.29, 0.717) is 42.0 Å². The van der Waals surface area contributed by atoms with Crippen LogP contribution in [0, 0.1) is 13.8 Å². The van der Waals surface area contributed by atoms with Crippen molar-refractivity contribution in [2.24, 2.45) is 0 Å². The average molecular weight is 460 g/mol. The summed E-state index contributed by atoms with van der Waals surface area (Å²) < 4.78 is 38.9. The molecule has 1 saturated heterocycles. The summed E-state index contributed by atoms with van der Waals surface area (Å²) >= 11 is 0. The van der Waals surface area contributed by atoms with Crippen LogP contribution in [0.2, 0.25) is 0 Å². The smallest absolute Gasteiger partial charge is 0.261 e. The molecule has 4 rings (SSSR count). The number of hydrogen-bond donors (Lipinski definition) is 3. The summed E-state index contributed by atoms with van der Waals surface area (Å²) in [7, 11) is -3.86. The minimum Gasteiger partial charge on any atom is -0.386 e. The van der Waals surface area contributed by atoms with Crippen molar-refractivity contribution in [3.8, 4) is 22.6 Å². The molecule has 3 aromatic rings. The van der Waals surface area contributed by atoms with Gasteiger partial charge in [0.15, 0.2) is 5.82 Å². The molecule has 1 fully saturated rings. The van der Waals surface area contributed by atoms with E-state index < -0.39 is 15.6 Å². The lowest BCUT2D eigenvalue weighted by molar-refractivity contribution is -0.0806. The molecule has 0 saturated carbocycles. The molecule has 2 aromatic heterocycles. The molecule has 1 atom stereocenters. The van der Waals surface area contributed by atoms with Crippen LogP contribution in [-0.4, -0.2) is 54.0 Å². The van der Waals surface area contributed by atoms with Gasteiger partial charge >= 0.3 is 0 Å². The van der Waals surface area contributed by atoms with Crippen LogP contribution >= 0.6 is 0 Å². The number of ether oxygens (including phenoxy) is 1. The summed E-state index contributed by atoms with van der Waals surface area (Å²) in [4.78, 5) is 8.49. The highest BCUT2D eigenvalue weighted by Crippen LogP contribution is 2.31. The lowest BCUT2D eigenvalue weighted by Crippen LogP contribution is -2.48. The first kappa shape index (κ1) is 22.3. The highest BCUT2D eigenvalue weighted by atomic mass is 32.2. The number of benzene rings is 1. The monoisotopic (exact) mass is 459 g/mol. The Morgan fingerprint density at radius 3 is 2.75 bits per heavy atom. The number of pyridine rings is 1. The topological polar surface area (TPSA) is 153 Å². The number of sulfonamides is 1. The Bertz CT molecular complexity index is 1240. The first-order chi connectivity index (χ1) is 15.2. The normalized spacial score (nSPS) is 19.2. The van der Waals surface area contributed by atoms with Gasteiger partial charge in [-0.2, -0.15) is 4.98 Å². The number of rotatable bonds is 6. The van der Waals surface area contributed by atoms with Gasteiger partial charge in [0.25, 0.3) is 5.89 Å². The van der Waals surface area contributed by atoms with Crippen LogP contribution in [0.5, 0.6) is 0 Å². The Labute approximate surface area is 185 Å². The molecule has 0 bridgehead atoms. The van der Waals surface area contributed by atoms with Crippen LogP contribution in [0.1, 0.15) is 24.2 Å². The average Bonchev–Trinajstić information content (AvgIpc) is 3.20. The van der Waals surface area contributed by atoms with E-state index in [1.807, 2.05) is 6.92 Å². The maximum Gasteiger partial charge on any atom is 0.261 e. The molecular weight excluding hydrogens is 434 g/mol. The minimum atomic E-state index is -3.86. The highest BCUT2D eigenvalue weighted by Gasteiger charge is 2.32. The van der Waals surface area contributed by atoms with E-state index >= 15 is 0 Å². The SMILES string of the molecule is Cc1noc(-c2cc(-c3cc(S(=O)(=O)NCC4(O)CCCOC4)ccc3C)cnc2N)n1. The molecule has 0 radical (unpaired) electrons. The van der Waals surface area contributed by atoms with E-state index in [9.17, 15) is 13.5 Å². The second-order valence-corrected chi connectivity index (χ2v) is 9.75. The molecule has 3 heterocycles. The summed E-state index contributed by atoms with van der Waals surface area (Å²) in [6.07, 6.45) is 2.72. The summed E-state index contributed by atoms with van der Waals surface area (Å²) in [5.41, 5.74) is 7.41. The molecule has 1 aliphatic heterocycles. The summed E-state index contributed by atoms with van der Waals surface area (Å²) in [6, 6.07) is 6.55. The van der Waals surface area contributed by atoms with Gasteiger partial charge in [-0.15, -0.1) is 0 Å². The zero-order valence-corrected chi connectivity index (χ0v) is 18.6. The third kappa shape index (κ3) is 4.65. The summed E-state index contributed by atoms with van der Waals surface area (Å²) in [6.45, 7) is 4.11. The molecule has 1 aromatic carbocycles. The van der Waals surface area contributed by atoms with E-state index in [4.69, 9.17) is 15.0 Å². The largest absolute Gasteiger partial charge is 0.386 e. The van der Waals surface area contributed by atoms with Gasteiger partial charge in [0.2, 0.25) is 10.0 Å². The maximum atomic E-state index is 12.9. The molecule has 0 aliphatic carbocycles. The minimum absolute atomic E-state index is 0.0745. The number of nitrogens with zero attached hydrogens (tertiary/aromatic N) is 3. The number of nitrogen functional groups attached to an aromatic ring is 1. The second-order valence-electron chi connectivity index (χ2n) is 7.99. The van der Waals surface area contributed by atoms with Crippen LogP contribution in [0.4, 0.5) is 5.82 Å². The van der Waals surface area contributed by atoms with Gasteiger partial charge < -0.3 is 20.1 Å². The molecule has 1 unspecified atom stereocenters. The lowest BCUT2D eigenvalue weighted by Gasteiger charge is -2.31. The number of aliphatic hydroxyl groups is 1. The van der Waals surface area contributed by atoms with Crippen LogP contribution < -0.4 is 10.5 Å². The summed E-state index contributed by atoms with van der Waals surface area (Å²) in [5, 5.41) is 14.3. The van der Waals surface area contributed by atoms with Gasteiger partial charge in [0, 0.05) is 24.9 Å². The highest BCUT2D eigenvalue weighted by molar-refractivity contribution is 7.89. The zero-order valence-electron chi connectivity index (χ0n) is 17.8. The predicted molar refractivity (Wildman–Crippen MR) is 117 cm³/mol. The quantitative estimate of drug-likeness (QED) is 0.501. The van der Waals surface area contributed by atoms with Crippen LogP contribution in [0.3, 0.4) is 0 Å². The number of aryl methyl sites for hydroxylation is 2. The van der Waals surface area contributed by atoms with E-state index in [1.165, 1.54) is 6.07 Å². The van der Waals surface area contributed by atoms with Gasteiger partial charge in [-0.1, -0.05) is 11.2 Å². The van der Waals surface area contributed by atoms with Crippen molar-refractivity contribution in [3.05, 3.63) is 41.9 Å². The van der Waals surface area contributed by atoms with Gasteiger partial charge in [0.1, 0.15) is 11.4 Å². The molecule has 10 nitrogen and oxygen atoms in total. The van der Waals surface area contributed by atoms with Crippen molar-refractivity contribution in [3.63, 3.8) is 0 Å². The Morgan fingerprint density at radius 2 is 2.06 bits per heavy atom.